The van der Waals surface area contributed by atoms with Crippen LogP contribution in [-0.4, -0.2) is 7.11 Å². The van der Waals surface area contributed by atoms with Crippen LogP contribution in [0.5, 0.6) is 0 Å². The normalized spacial score (nSPS) is 13.0. The molecule has 11 heavy (non-hydrogen) atoms. The van der Waals surface area contributed by atoms with Gasteiger partial charge in [0.1, 0.15) is 0 Å². The molecule has 0 N–H and O–H groups in total. The Morgan fingerprint density at radius 2 is 1.82 bits per heavy atom. The Balaban J connectivity index is 2.81. The van der Waals surface area contributed by atoms with E-state index in [9.17, 15) is 0 Å². The van der Waals surface area contributed by atoms with Crippen molar-refractivity contribution in [2.75, 3.05) is 7.11 Å². The van der Waals surface area contributed by atoms with Crippen LogP contribution in [0, 0.1) is 6.92 Å². The Kier molecular flexibility index (Phi) is 2.92. The highest BCUT2D eigenvalue weighted by atomic mass is 35.5. The van der Waals surface area contributed by atoms with Crippen LogP contribution < -0.4 is 0 Å². The van der Waals surface area contributed by atoms with E-state index < -0.39 is 0 Å². The van der Waals surface area contributed by atoms with Crippen LogP contribution in [0.2, 0.25) is 0 Å². The van der Waals surface area contributed by atoms with Gasteiger partial charge in [-0.3, -0.25) is 0 Å². The van der Waals surface area contributed by atoms with Crippen molar-refractivity contribution in [3.63, 3.8) is 0 Å². The Bertz CT molecular complexity index is 218. The largest absolute Gasteiger partial charge is 0.361 e. The van der Waals surface area contributed by atoms with Crippen molar-refractivity contribution < 1.29 is 4.74 Å². The molecule has 0 bridgehead atoms. The first kappa shape index (κ1) is 8.57. The minimum absolute atomic E-state index is 0.324. The van der Waals surface area contributed by atoms with Crippen LogP contribution in [-0.2, 0) is 4.74 Å². The van der Waals surface area contributed by atoms with Crippen LogP contribution in [0.1, 0.15) is 16.7 Å². The van der Waals surface area contributed by atoms with Gasteiger partial charge in [0.05, 0.1) is 0 Å². The zero-order valence-electron chi connectivity index (χ0n) is 6.67. The lowest BCUT2D eigenvalue weighted by Crippen LogP contribution is -1.91. The smallest absolute Gasteiger partial charge is 0.156 e. The molecule has 0 aliphatic carbocycles. The summed E-state index contributed by atoms with van der Waals surface area (Å²) in [5.74, 6) is 0. The summed E-state index contributed by atoms with van der Waals surface area (Å²) in [7, 11) is 1.59. The van der Waals surface area contributed by atoms with E-state index in [0.29, 0.717) is 0 Å². The number of benzene rings is 1. The van der Waals surface area contributed by atoms with Crippen LogP contribution >= 0.6 is 11.6 Å². The standard InChI is InChI=1S/C9H11ClO/c1-7-3-5-8(6-4-7)9(10)11-2/h3-6,9H,1-2H3. The van der Waals surface area contributed by atoms with Crippen LogP contribution in [0.4, 0.5) is 0 Å². The van der Waals surface area contributed by atoms with E-state index in [-0.39, 0.29) is 5.56 Å². The zero-order valence-corrected chi connectivity index (χ0v) is 7.43. The minimum Gasteiger partial charge on any atom is -0.361 e. The van der Waals surface area contributed by atoms with E-state index in [0.717, 1.165) is 5.56 Å². The molecule has 0 fully saturated rings. The summed E-state index contributed by atoms with van der Waals surface area (Å²) in [5, 5.41) is 0. The van der Waals surface area contributed by atoms with Gasteiger partial charge in [0.25, 0.3) is 0 Å². The summed E-state index contributed by atoms with van der Waals surface area (Å²) in [4.78, 5) is 0. The zero-order chi connectivity index (χ0) is 8.27. The Labute approximate surface area is 71.9 Å². The monoisotopic (exact) mass is 170 g/mol. The fourth-order valence-corrected chi connectivity index (χ4v) is 0.999. The maximum absolute atomic E-state index is 5.82. The Morgan fingerprint density at radius 3 is 2.27 bits per heavy atom. The van der Waals surface area contributed by atoms with Gasteiger partial charge in [0.15, 0.2) is 5.56 Å². The number of aryl methyl sites for hydroxylation is 1. The van der Waals surface area contributed by atoms with Gasteiger partial charge in [-0.15, -0.1) is 0 Å². The molecule has 0 aliphatic rings. The van der Waals surface area contributed by atoms with Gasteiger partial charge >= 0.3 is 0 Å². The first-order valence-electron chi connectivity index (χ1n) is 3.47. The number of halogens is 1. The molecule has 0 radical (unpaired) electrons. The summed E-state index contributed by atoms with van der Waals surface area (Å²) in [6, 6.07) is 7.97. The van der Waals surface area contributed by atoms with Crippen LogP contribution in [0.25, 0.3) is 0 Å². The maximum Gasteiger partial charge on any atom is 0.156 e. The van der Waals surface area contributed by atoms with Crippen molar-refractivity contribution in [1.82, 2.24) is 0 Å². The average Bonchev–Trinajstić information content (AvgIpc) is 2.05. The number of hydrogen-bond acceptors (Lipinski definition) is 1. The molecule has 1 unspecified atom stereocenters. The molecule has 0 aliphatic heterocycles. The van der Waals surface area contributed by atoms with E-state index >= 15 is 0 Å². The number of ether oxygens (including phenoxy) is 1. The SMILES string of the molecule is COC(Cl)c1ccc(C)cc1. The quantitative estimate of drug-likeness (QED) is 0.621. The molecule has 0 saturated heterocycles. The molecule has 0 amide bonds. The lowest BCUT2D eigenvalue weighted by Gasteiger charge is -2.06. The molecule has 1 nitrogen and oxygen atoms in total. The van der Waals surface area contributed by atoms with Crippen LogP contribution in [0.15, 0.2) is 24.3 Å². The van der Waals surface area contributed by atoms with Crippen molar-refractivity contribution in [2.24, 2.45) is 0 Å². The van der Waals surface area contributed by atoms with E-state index in [1.807, 2.05) is 31.2 Å². The van der Waals surface area contributed by atoms with Crippen molar-refractivity contribution >= 4 is 11.6 Å². The van der Waals surface area contributed by atoms with Gasteiger partial charge in [-0.2, -0.15) is 0 Å². The third-order valence-corrected chi connectivity index (χ3v) is 1.98. The van der Waals surface area contributed by atoms with Gasteiger partial charge in [-0.25, -0.2) is 0 Å². The molecule has 1 rings (SSSR count). The Morgan fingerprint density at radius 1 is 1.27 bits per heavy atom. The number of hydrogen-bond donors (Lipinski definition) is 0. The number of methoxy groups -OCH3 is 1. The second-order valence-electron chi connectivity index (χ2n) is 2.46. The third kappa shape index (κ3) is 2.21. The first-order valence-corrected chi connectivity index (χ1v) is 3.91. The average molecular weight is 171 g/mol. The summed E-state index contributed by atoms with van der Waals surface area (Å²) in [5.41, 5.74) is 1.91. The Hall–Kier alpha value is -0.530. The molecule has 1 atom stereocenters. The van der Waals surface area contributed by atoms with Crippen molar-refractivity contribution in [3.05, 3.63) is 35.4 Å². The third-order valence-electron chi connectivity index (χ3n) is 1.55. The highest BCUT2D eigenvalue weighted by molar-refractivity contribution is 6.19. The number of rotatable bonds is 2. The first-order chi connectivity index (χ1) is 5.24. The molecule has 0 aromatic heterocycles. The van der Waals surface area contributed by atoms with Crippen molar-refractivity contribution in [2.45, 2.75) is 12.5 Å². The summed E-state index contributed by atoms with van der Waals surface area (Å²) < 4.78 is 4.94. The van der Waals surface area contributed by atoms with Gasteiger partial charge in [0, 0.05) is 7.11 Å². The number of alkyl halides is 1. The van der Waals surface area contributed by atoms with E-state index in [1.165, 1.54) is 5.56 Å². The molecule has 1 aromatic rings. The van der Waals surface area contributed by atoms with Crippen LogP contribution in [0.3, 0.4) is 0 Å². The van der Waals surface area contributed by atoms with Crippen molar-refractivity contribution in [1.29, 1.82) is 0 Å². The van der Waals surface area contributed by atoms with Gasteiger partial charge < -0.3 is 4.74 Å². The van der Waals surface area contributed by atoms with Gasteiger partial charge in [-0.05, 0) is 12.5 Å². The predicted molar refractivity (Wildman–Crippen MR) is 46.8 cm³/mol. The fourth-order valence-electron chi connectivity index (χ4n) is 0.854. The lowest BCUT2D eigenvalue weighted by atomic mass is 10.2. The highest BCUT2D eigenvalue weighted by Crippen LogP contribution is 2.20. The summed E-state index contributed by atoms with van der Waals surface area (Å²) in [6.45, 7) is 2.04. The van der Waals surface area contributed by atoms with E-state index in [1.54, 1.807) is 7.11 Å². The molecule has 0 spiro atoms. The molecular weight excluding hydrogens is 160 g/mol. The van der Waals surface area contributed by atoms with Crippen molar-refractivity contribution in [3.8, 4) is 0 Å². The molecule has 0 saturated carbocycles. The molecule has 60 valence electrons. The van der Waals surface area contributed by atoms with Gasteiger partial charge in [0.2, 0.25) is 0 Å². The minimum atomic E-state index is -0.324. The maximum atomic E-state index is 5.82. The topological polar surface area (TPSA) is 9.23 Å². The summed E-state index contributed by atoms with van der Waals surface area (Å²) >= 11 is 5.82. The van der Waals surface area contributed by atoms with E-state index in [4.69, 9.17) is 16.3 Å². The highest BCUT2D eigenvalue weighted by Gasteiger charge is 2.03. The van der Waals surface area contributed by atoms with E-state index in [2.05, 4.69) is 0 Å². The summed E-state index contributed by atoms with van der Waals surface area (Å²) in [6.07, 6.45) is 0. The second kappa shape index (κ2) is 3.74. The molecule has 1 aromatic carbocycles. The predicted octanol–water partition coefficient (Wildman–Crippen LogP) is 2.88. The fraction of sp³-hybridized carbons (Fsp3) is 0.333. The lowest BCUT2D eigenvalue weighted by molar-refractivity contribution is 0.170. The molecule has 2 heteroatoms. The van der Waals surface area contributed by atoms with Gasteiger partial charge in [-0.1, -0.05) is 41.4 Å². The molecule has 0 heterocycles. The second-order valence-corrected chi connectivity index (χ2v) is 2.86. The molecular formula is C9H11ClO.